The van der Waals surface area contributed by atoms with E-state index in [1.165, 1.54) is 12.1 Å². The molecule has 3 rings (SSSR count). The van der Waals surface area contributed by atoms with E-state index in [2.05, 4.69) is 10.3 Å². The lowest BCUT2D eigenvalue weighted by molar-refractivity contribution is -0.123. The Hall–Kier alpha value is -2.91. The van der Waals surface area contributed by atoms with E-state index < -0.39 is 10.0 Å². The molecule has 1 amide bonds. The third kappa shape index (κ3) is 4.83. The van der Waals surface area contributed by atoms with Crippen molar-refractivity contribution in [2.24, 2.45) is 5.14 Å². The molecular weight excluding hydrogens is 368 g/mol. The Bertz CT molecular complexity index is 1060. The minimum absolute atomic E-state index is 0.0621. The van der Waals surface area contributed by atoms with Gasteiger partial charge in [-0.2, -0.15) is 0 Å². The van der Waals surface area contributed by atoms with Gasteiger partial charge in [-0.25, -0.2) is 18.5 Å². The lowest BCUT2D eigenvalue weighted by Gasteiger charge is -2.08. The number of sulfonamides is 1. The zero-order chi connectivity index (χ0) is 19.4. The van der Waals surface area contributed by atoms with Crippen molar-refractivity contribution >= 4 is 21.6 Å². The number of nitrogens with one attached hydrogen (secondary N) is 1. The number of rotatable bonds is 7. The summed E-state index contributed by atoms with van der Waals surface area (Å²) in [6.07, 6.45) is 4.30. The fourth-order valence-electron chi connectivity index (χ4n) is 2.61. The molecule has 0 aliphatic rings. The van der Waals surface area contributed by atoms with Crippen LogP contribution in [0.25, 0.3) is 5.65 Å². The molecule has 0 saturated heterocycles. The van der Waals surface area contributed by atoms with Crippen LogP contribution in [0.3, 0.4) is 0 Å². The zero-order valence-electron chi connectivity index (χ0n) is 14.8. The smallest absolute Gasteiger partial charge is 0.257 e. The number of nitrogens with zero attached hydrogens (tertiary/aromatic N) is 2. The van der Waals surface area contributed by atoms with Crippen LogP contribution in [-0.4, -0.2) is 36.9 Å². The number of hydrogen-bond acceptors (Lipinski definition) is 5. The number of nitrogens with two attached hydrogens (primary N) is 1. The van der Waals surface area contributed by atoms with Crippen molar-refractivity contribution in [3.05, 3.63) is 60.0 Å². The van der Waals surface area contributed by atoms with E-state index in [1.54, 1.807) is 18.2 Å². The van der Waals surface area contributed by atoms with Crippen LogP contribution in [0.15, 0.2) is 53.7 Å². The van der Waals surface area contributed by atoms with Crippen molar-refractivity contribution in [2.75, 3.05) is 13.2 Å². The highest BCUT2D eigenvalue weighted by molar-refractivity contribution is 7.89. The normalized spacial score (nSPS) is 11.5. The Morgan fingerprint density at radius 3 is 2.70 bits per heavy atom. The Balaban J connectivity index is 1.48. The van der Waals surface area contributed by atoms with E-state index in [1.807, 2.05) is 29.8 Å². The van der Waals surface area contributed by atoms with E-state index in [4.69, 9.17) is 9.88 Å². The summed E-state index contributed by atoms with van der Waals surface area (Å²) in [5.74, 6) is 0.292. The number of pyridine rings is 1. The molecule has 1 aromatic carbocycles. The van der Waals surface area contributed by atoms with Gasteiger partial charge >= 0.3 is 0 Å². The number of amides is 1. The molecule has 27 heavy (non-hydrogen) atoms. The van der Waals surface area contributed by atoms with Gasteiger partial charge in [-0.05, 0) is 43.2 Å². The minimum atomic E-state index is -3.69. The maximum atomic E-state index is 12.0. The molecular formula is C18H20N4O4S. The number of aryl methyl sites for hydroxylation is 1. The van der Waals surface area contributed by atoms with Gasteiger partial charge in [0.15, 0.2) is 18.0 Å². The van der Waals surface area contributed by atoms with Crippen LogP contribution in [0.1, 0.15) is 11.3 Å². The quantitative estimate of drug-likeness (QED) is 0.627. The summed E-state index contributed by atoms with van der Waals surface area (Å²) in [7, 11) is -3.69. The summed E-state index contributed by atoms with van der Waals surface area (Å²) in [4.78, 5) is 16.4. The number of fused-ring (bicyclic) bond motifs is 1. The van der Waals surface area contributed by atoms with E-state index in [-0.39, 0.29) is 17.4 Å². The number of aromatic nitrogens is 2. The summed E-state index contributed by atoms with van der Waals surface area (Å²) in [6.45, 7) is 2.18. The molecule has 9 heteroatoms. The molecule has 0 bridgehead atoms. The molecule has 2 aromatic heterocycles. The molecule has 0 spiro atoms. The molecule has 0 aliphatic heterocycles. The molecule has 0 radical (unpaired) electrons. The van der Waals surface area contributed by atoms with E-state index >= 15 is 0 Å². The van der Waals surface area contributed by atoms with Crippen molar-refractivity contribution in [2.45, 2.75) is 18.2 Å². The van der Waals surface area contributed by atoms with Crippen LogP contribution in [0.5, 0.6) is 5.75 Å². The molecule has 2 heterocycles. The second kappa shape index (κ2) is 7.77. The first-order valence-corrected chi connectivity index (χ1v) is 9.83. The number of carbonyl (C=O) groups excluding carboxylic acids is 1. The number of hydrogen-bond donors (Lipinski definition) is 2. The number of carbonyl (C=O) groups is 1. The fraction of sp³-hybridized carbons (Fsp3) is 0.222. The molecule has 0 unspecified atom stereocenters. The van der Waals surface area contributed by atoms with Gasteiger partial charge in [0.2, 0.25) is 10.0 Å². The fourth-order valence-corrected chi connectivity index (χ4v) is 3.12. The Labute approximate surface area is 157 Å². The van der Waals surface area contributed by atoms with Crippen LogP contribution in [-0.2, 0) is 21.2 Å². The predicted molar refractivity (Wildman–Crippen MR) is 100.0 cm³/mol. The van der Waals surface area contributed by atoms with Crippen molar-refractivity contribution in [1.82, 2.24) is 14.7 Å². The highest BCUT2D eigenvalue weighted by atomic mass is 32.2. The van der Waals surface area contributed by atoms with Gasteiger partial charge in [-0.3, -0.25) is 4.79 Å². The summed E-state index contributed by atoms with van der Waals surface area (Å²) in [5, 5.41) is 7.82. The summed E-state index contributed by atoms with van der Waals surface area (Å²) < 4.78 is 29.9. The predicted octanol–water partition coefficient (Wildman–Crippen LogP) is 1.03. The Morgan fingerprint density at radius 1 is 1.26 bits per heavy atom. The molecule has 0 saturated carbocycles. The zero-order valence-corrected chi connectivity index (χ0v) is 15.6. The monoisotopic (exact) mass is 388 g/mol. The second-order valence-electron chi connectivity index (χ2n) is 6.06. The van der Waals surface area contributed by atoms with Crippen LogP contribution >= 0.6 is 0 Å². The van der Waals surface area contributed by atoms with Gasteiger partial charge in [-0.1, -0.05) is 12.1 Å². The summed E-state index contributed by atoms with van der Waals surface area (Å²) in [6, 6.07) is 9.83. The highest BCUT2D eigenvalue weighted by Crippen LogP contribution is 2.18. The van der Waals surface area contributed by atoms with Gasteiger partial charge in [0.05, 0.1) is 10.6 Å². The van der Waals surface area contributed by atoms with Crippen LogP contribution < -0.4 is 15.2 Å². The first-order valence-electron chi connectivity index (χ1n) is 8.28. The van der Waals surface area contributed by atoms with Crippen LogP contribution in [0, 0.1) is 6.92 Å². The van der Waals surface area contributed by atoms with Crippen molar-refractivity contribution < 1.29 is 17.9 Å². The van der Waals surface area contributed by atoms with Gasteiger partial charge in [0.1, 0.15) is 0 Å². The summed E-state index contributed by atoms with van der Waals surface area (Å²) in [5.41, 5.74) is 2.42. The molecule has 0 atom stereocenters. The number of benzene rings is 1. The van der Waals surface area contributed by atoms with E-state index in [0.717, 1.165) is 11.3 Å². The average molecular weight is 388 g/mol. The van der Waals surface area contributed by atoms with E-state index in [9.17, 15) is 13.2 Å². The van der Waals surface area contributed by atoms with Gasteiger partial charge in [0.25, 0.3) is 5.91 Å². The standard InChI is InChI=1S/C18H20N4O4S/c1-13-11-22-10-2-3-16(18(22)21-13)26-12-17(23)20-9-8-14-4-6-15(7-5-14)27(19,24)25/h2-7,10-11H,8-9,12H2,1H3,(H,20,23)(H2,19,24,25). The number of primary sulfonamides is 1. The molecule has 0 aliphatic carbocycles. The van der Waals surface area contributed by atoms with E-state index in [0.29, 0.717) is 24.4 Å². The van der Waals surface area contributed by atoms with Crippen molar-refractivity contribution in [3.8, 4) is 5.75 Å². The molecule has 3 N–H and O–H groups in total. The lowest BCUT2D eigenvalue weighted by Crippen LogP contribution is -2.30. The topological polar surface area (TPSA) is 116 Å². The summed E-state index contributed by atoms with van der Waals surface area (Å²) >= 11 is 0. The second-order valence-corrected chi connectivity index (χ2v) is 7.62. The number of imidazole rings is 1. The third-order valence-corrected chi connectivity index (χ3v) is 4.84. The molecule has 0 fully saturated rings. The van der Waals surface area contributed by atoms with Crippen LogP contribution in [0.4, 0.5) is 0 Å². The first-order chi connectivity index (χ1) is 12.8. The molecule has 142 valence electrons. The SMILES string of the molecule is Cc1cn2cccc(OCC(=O)NCCc3ccc(S(N)(=O)=O)cc3)c2n1. The number of ether oxygens (including phenoxy) is 1. The average Bonchev–Trinajstić information content (AvgIpc) is 3.00. The third-order valence-electron chi connectivity index (χ3n) is 3.91. The van der Waals surface area contributed by atoms with Crippen LogP contribution in [0.2, 0.25) is 0 Å². The highest BCUT2D eigenvalue weighted by Gasteiger charge is 2.09. The first kappa shape index (κ1) is 18.9. The maximum Gasteiger partial charge on any atom is 0.257 e. The lowest BCUT2D eigenvalue weighted by atomic mass is 10.1. The van der Waals surface area contributed by atoms with Crippen molar-refractivity contribution in [3.63, 3.8) is 0 Å². The van der Waals surface area contributed by atoms with Gasteiger partial charge < -0.3 is 14.5 Å². The molecule has 8 nitrogen and oxygen atoms in total. The Kier molecular flexibility index (Phi) is 5.43. The maximum absolute atomic E-state index is 12.0. The van der Waals surface area contributed by atoms with Gasteiger partial charge in [0, 0.05) is 18.9 Å². The largest absolute Gasteiger partial charge is 0.480 e. The van der Waals surface area contributed by atoms with Crippen molar-refractivity contribution in [1.29, 1.82) is 0 Å². The van der Waals surface area contributed by atoms with Gasteiger partial charge in [-0.15, -0.1) is 0 Å². The molecule has 3 aromatic rings. The Morgan fingerprint density at radius 2 is 2.00 bits per heavy atom. The minimum Gasteiger partial charge on any atom is -0.480 e.